The number of nitrogens with zero attached hydrogens (tertiary/aromatic N) is 5. The van der Waals surface area contributed by atoms with Gasteiger partial charge in [0.25, 0.3) is 0 Å². The zero-order valence-corrected chi connectivity index (χ0v) is 19.3. The summed E-state index contributed by atoms with van der Waals surface area (Å²) in [6.45, 7) is 5.06. The number of anilines is 1. The van der Waals surface area contributed by atoms with Crippen molar-refractivity contribution in [3.8, 4) is 5.69 Å². The van der Waals surface area contributed by atoms with E-state index in [0.717, 1.165) is 48.8 Å². The van der Waals surface area contributed by atoms with Crippen LogP contribution in [0.3, 0.4) is 0 Å². The summed E-state index contributed by atoms with van der Waals surface area (Å²) in [5, 5.41) is 9.88. The number of rotatable bonds is 5. The van der Waals surface area contributed by atoms with E-state index in [0.29, 0.717) is 11.8 Å². The van der Waals surface area contributed by atoms with Crippen molar-refractivity contribution in [1.29, 1.82) is 0 Å². The van der Waals surface area contributed by atoms with Gasteiger partial charge in [0.15, 0.2) is 5.16 Å². The van der Waals surface area contributed by atoms with E-state index in [4.69, 9.17) is 0 Å². The number of hydrogen-bond donors (Lipinski definition) is 0. The van der Waals surface area contributed by atoms with E-state index in [1.165, 1.54) is 62.3 Å². The van der Waals surface area contributed by atoms with Gasteiger partial charge in [-0.05, 0) is 63.5 Å². The second kappa shape index (κ2) is 9.23. The Balaban J connectivity index is 1.35. The number of thioether (sulfide) groups is 1. The van der Waals surface area contributed by atoms with Crippen LogP contribution >= 0.6 is 11.8 Å². The Morgan fingerprint density at radius 1 is 0.968 bits per heavy atom. The molecule has 6 nitrogen and oxygen atoms in total. The zero-order chi connectivity index (χ0) is 21.2. The molecule has 0 N–H and O–H groups in total. The molecule has 2 saturated heterocycles. The van der Waals surface area contributed by atoms with E-state index in [1.807, 2.05) is 0 Å². The van der Waals surface area contributed by atoms with E-state index in [1.54, 1.807) is 0 Å². The molecule has 7 heteroatoms. The highest BCUT2D eigenvalue weighted by molar-refractivity contribution is 7.99. The molecule has 3 fully saturated rings. The van der Waals surface area contributed by atoms with Gasteiger partial charge in [-0.3, -0.25) is 9.36 Å². The van der Waals surface area contributed by atoms with Crippen LogP contribution in [-0.4, -0.2) is 57.0 Å². The molecule has 3 aliphatic rings. The van der Waals surface area contributed by atoms with Gasteiger partial charge in [-0.15, -0.1) is 10.2 Å². The van der Waals surface area contributed by atoms with Crippen LogP contribution in [0.4, 0.5) is 5.95 Å². The normalized spacial score (nSPS) is 23.8. The van der Waals surface area contributed by atoms with E-state index >= 15 is 0 Å². The molecule has 1 aromatic carbocycles. The number of hydrogen-bond acceptors (Lipinski definition) is 5. The second-order valence-corrected chi connectivity index (χ2v) is 10.2. The Morgan fingerprint density at radius 3 is 2.52 bits per heavy atom. The maximum Gasteiger partial charge on any atom is 0.233 e. The molecule has 1 amide bonds. The second-order valence-electron chi connectivity index (χ2n) is 9.28. The summed E-state index contributed by atoms with van der Waals surface area (Å²) >= 11 is 1.54. The smallest absolute Gasteiger partial charge is 0.233 e. The summed E-state index contributed by atoms with van der Waals surface area (Å²) in [7, 11) is 0. The molecule has 2 aliphatic heterocycles. The molecule has 2 aromatic rings. The molecule has 1 aromatic heterocycles. The number of piperidine rings is 1. The van der Waals surface area contributed by atoms with Gasteiger partial charge in [-0.25, -0.2) is 0 Å². The number of benzene rings is 1. The summed E-state index contributed by atoms with van der Waals surface area (Å²) in [6.07, 6.45) is 9.90. The topological polar surface area (TPSA) is 54.3 Å². The van der Waals surface area contributed by atoms with Gasteiger partial charge < -0.3 is 9.80 Å². The van der Waals surface area contributed by atoms with Gasteiger partial charge >= 0.3 is 0 Å². The van der Waals surface area contributed by atoms with Crippen LogP contribution in [0.25, 0.3) is 5.69 Å². The molecule has 31 heavy (non-hydrogen) atoms. The number of amides is 1. The molecule has 0 unspecified atom stereocenters. The lowest BCUT2D eigenvalue weighted by Crippen LogP contribution is -2.50. The van der Waals surface area contributed by atoms with Crippen molar-refractivity contribution >= 4 is 23.6 Å². The number of aromatic nitrogens is 3. The number of aryl methyl sites for hydroxylation is 1. The quantitative estimate of drug-likeness (QED) is 0.644. The molecule has 0 spiro atoms. The predicted octanol–water partition coefficient (Wildman–Crippen LogP) is 4.45. The summed E-state index contributed by atoms with van der Waals surface area (Å²) < 4.78 is 2.14. The third-order valence-corrected chi connectivity index (χ3v) is 8.10. The lowest BCUT2D eigenvalue weighted by atomic mass is 9.78. The SMILES string of the molecule is Cc1ccc(-n2c(SCC(=O)N3CCC[C@@H]4CCCC[C@H]43)nnc2N2CCCC2)cc1. The number of carbonyl (C=O) groups excluding carboxylic acids is 1. The summed E-state index contributed by atoms with van der Waals surface area (Å²) in [4.78, 5) is 17.7. The lowest BCUT2D eigenvalue weighted by Gasteiger charge is -2.44. The highest BCUT2D eigenvalue weighted by Gasteiger charge is 2.35. The summed E-state index contributed by atoms with van der Waals surface area (Å²) in [5.41, 5.74) is 2.30. The average molecular weight is 440 g/mol. The standard InChI is InChI=1S/C24H33N5OS/c1-18-10-12-20(13-11-18)29-23(27-14-4-5-15-27)25-26-24(29)31-17-22(30)28-16-6-8-19-7-2-3-9-21(19)28/h10-13,19,21H,2-9,14-17H2,1H3/t19-,21+/m0/s1. The van der Waals surface area contributed by atoms with E-state index in [-0.39, 0.29) is 5.91 Å². The summed E-state index contributed by atoms with van der Waals surface area (Å²) in [5.74, 6) is 2.33. The molecular formula is C24H33N5OS. The molecule has 1 aliphatic carbocycles. The first-order valence-corrected chi connectivity index (χ1v) is 12.9. The van der Waals surface area contributed by atoms with Crippen LogP contribution in [0.5, 0.6) is 0 Å². The van der Waals surface area contributed by atoms with E-state index < -0.39 is 0 Å². The van der Waals surface area contributed by atoms with Crippen LogP contribution in [0.1, 0.15) is 56.9 Å². The lowest BCUT2D eigenvalue weighted by molar-refractivity contribution is -0.134. The van der Waals surface area contributed by atoms with Gasteiger partial charge in [0, 0.05) is 25.7 Å². The first-order valence-electron chi connectivity index (χ1n) is 11.9. The fourth-order valence-electron chi connectivity index (χ4n) is 5.54. The Kier molecular flexibility index (Phi) is 6.21. The maximum absolute atomic E-state index is 13.2. The summed E-state index contributed by atoms with van der Waals surface area (Å²) in [6, 6.07) is 8.97. The molecule has 166 valence electrons. The Labute approximate surface area is 189 Å². The average Bonchev–Trinajstić information content (AvgIpc) is 3.47. The van der Waals surface area contributed by atoms with E-state index in [2.05, 4.69) is 55.8 Å². The molecule has 0 radical (unpaired) electrons. The van der Waals surface area contributed by atoms with Gasteiger partial charge in [-0.2, -0.15) is 0 Å². The van der Waals surface area contributed by atoms with Crippen molar-refractivity contribution in [2.75, 3.05) is 30.3 Å². The minimum Gasteiger partial charge on any atom is -0.341 e. The van der Waals surface area contributed by atoms with Crippen molar-refractivity contribution in [2.45, 2.75) is 69.5 Å². The predicted molar refractivity (Wildman–Crippen MR) is 125 cm³/mol. The van der Waals surface area contributed by atoms with Crippen molar-refractivity contribution < 1.29 is 4.79 Å². The first-order chi connectivity index (χ1) is 15.2. The largest absolute Gasteiger partial charge is 0.341 e. The van der Waals surface area contributed by atoms with Crippen LogP contribution in [-0.2, 0) is 4.79 Å². The molecule has 1 saturated carbocycles. The Morgan fingerprint density at radius 2 is 1.71 bits per heavy atom. The number of carbonyl (C=O) groups is 1. The Hall–Kier alpha value is -2.02. The van der Waals surface area contributed by atoms with Crippen LogP contribution in [0, 0.1) is 12.8 Å². The van der Waals surface area contributed by atoms with Crippen molar-refractivity contribution in [3.05, 3.63) is 29.8 Å². The van der Waals surface area contributed by atoms with Gasteiger partial charge in [0.2, 0.25) is 11.9 Å². The van der Waals surface area contributed by atoms with E-state index in [9.17, 15) is 4.79 Å². The molecule has 3 heterocycles. The van der Waals surface area contributed by atoms with Crippen LogP contribution < -0.4 is 4.90 Å². The molecular weight excluding hydrogens is 406 g/mol. The van der Waals surface area contributed by atoms with Crippen molar-refractivity contribution in [1.82, 2.24) is 19.7 Å². The molecule has 0 bridgehead atoms. The number of likely N-dealkylation sites (tertiary alicyclic amines) is 1. The first kappa shape index (κ1) is 20.9. The van der Waals surface area contributed by atoms with Gasteiger partial charge in [0.05, 0.1) is 11.4 Å². The highest BCUT2D eigenvalue weighted by atomic mass is 32.2. The van der Waals surface area contributed by atoms with Crippen LogP contribution in [0.15, 0.2) is 29.4 Å². The zero-order valence-electron chi connectivity index (χ0n) is 18.5. The van der Waals surface area contributed by atoms with Crippen molar-refractivity contribution in [3.63, 3.8) is 0 Å². The minimum atomic E-state index is 0.266. The van der Waals surface area contributed by atoms with Gasteiger partial charge in [-0.1, -0.05) is 42.3 Å². The molecule has 5 rings (SSSR count). The molecule has 2 atom stereocenters. The third-order valence-electron chi connectivity index (χ3n) is 7.19. The van der Waals surface area contributed by atoms with Crippen molar-refractivity contribution in [2.24, 2.45) is 5.92 Å². The minimum absolute atomic E-state index is 0.266. The fraction of sp³-hybridized carbons (Fsp3) is 0.625. The highest BCUT2D eigenvalue weighted by Crippen LogP contribution is 2.36. The van der Waals surface area contributed by atoms with Gasteiger partial charge in [0.1, 0.15) is 0 Å². The third kappa shape index (κ3) is 4.34. The Bertz CT molecular complexity index is 903. The fourth-order valence-corrected chi connectivity index (χ4v) is 6.37. The monoisotopic (exact) mass is 439 g/mol. The van der Waals surface area contributed by atoms with Crippen LogP contribution in [0.2, 0.25) is 0 Å². The number of fused-ring (bicyclic) bond motifs is 1. The maximum atomic E-state index is 13.2.